The van der Waals surface area contributed by atoms with Gasteiger partial charge in [0, 0.05) is 10.8 Å². The molecule has 0 aromatic rings. The third kappa shape index (κ3) is 4.63. The van der Waals surface area contributed by atoms with Gasteiger partial charge in [-0.25, -0.2) is 0 Å². The molecule has 1 saturated carbocycles. The fourth-order valence-corrected chi connectivity index (χ4v) is 3.18. The molecular weight excluding hydrogens is 240 g/mol. The van der Waals surface area contributed by atoms with Gasteiger partial charge in [0.05, 0.1) is 6.42 Å². The summed E-state index contributed by atoms with van der Waals surface area (Å²) < 4.78 is 5.64. The van der Waals surface area contributed by atoms with Crippen molar-refractivity contribution in [1.82, 2.24) is 0 Å². The summed E-state index contributed by atoms with van der Waals surface area (Å²) in [5, 5.41) is 0. The lowest BCUT2D eigenvalue weighted by molar-refractivity contribution is -0.164. The van der Waals surface area contributed by atoms with Crippen LogP contribution >= 0.6 is 0 Å². The van der Waals surface area contributed by atoms with Gasteiger partial charge in [-0.05, 0) is 24.7 Å². The second-order valence-corrected chi connectivity index (χ2v) is 8.13. The van der Waals surface area contributed by atoms with E-state index in [0.29, 0.717) is 5.41 Å². The van der Waals surface area contributed by atoms with E-state index in [1.54, 1.807) is 13.8 Å². The molecule has 0 aliphatic heterocycles. The van der Waals surface area contributed by atoms with Crippen LogP contribution in [0.1, 0.15) is 67.2 Å². The third-order valence-electron chi connectivity index (χ3n) is 4.08. The van der Waals surface area contributed by atoms with Crippen LogP contribution in [-0.4, -0.2) is 18.4 Å². The lowest BCUT2D eigenvalue weighted by atomic mass is 9.64. The average molecular weight is 268 g/mol. The van der Waals surface area contributed by atoms with Crippen LogP contribution in [0.2, 0.25) is 0 Å². The van der Waals surface area contributed by atoms with E-state index >= 15 is 0 Å². The molecule has 1 atom stereocenters. The van der Waals surface area contributed by atoms with E-state index in [1.165, 1.54) is 0 Å². The summed E-state index contributed by atoms with van der Waals surface area (Å²) >= 11 is 0. The van der Waals surface area contributed by atoms with Crippen LogP contribution in [0, 0.1) is 16.2 Å². The van der Waals surface area contributed by atoms with Gasteiger partial charge in [0.25, 0.3) is 0 Å². The van der Waals surface area contributed by atoms with Gasteiger partial charge in [-0.1, -0.05) is 41.5 Å². The van der Waals surface area contributed by atoms with E-state index in [2.05, 4.69) is 27.7 Å². The van der Waals surface area contributed by atoms with Crippen molar-refractivity contribution >= 4 is 12.3 Å². The van der Waals surface area contributed by atoms with Crippen molar-refractivity contribution in [2.45, 2.75) is 73.3 Å². The first-order valence-corrected chi connectivity index (χ1v) is 7.13. The number of carbonyl (C=O) groups is 2. The summed E-state index contributed by atoms with van der Waals surface area (Å²) in [6.45, 7) is 12.4. The second-order valence-electron chi connectivity index (χ2n) is 8.13. The highest BCUT2D eigenvalue weighted by atomic mass is 16.5. The monoisotopic (exact) mass is 268 g/mol. The van der Waals surface area contributed by atoms with Crippen LogP contribution in [0.4, 0.5) is 0 Å². The number of hydrogen-bond donors (Lipinski definition) is 0. The Kier molecular flexibility index (Phi) is 4.48. The first-order valence-electron chi connectivity index (χ1n) is 7.13. The molecule has 110 valence electrons. The summed E-state index contributed by atoms with van der Waals surface area (Å²) in [6.07, 6.45) is 3.99. The van der Waals surface area contributed by atoms with Gasteiger partial charge in [0.1, 0.15) is 12.4 Å². The molecule has 1 fully saturated rings. The molecule has 0 aromatic heterocycles. The van der Waals surface area contributed by atoms with Crippen LogP contribution in [0.3, 0.4) is 0 Å². The highest BCUT2D eigenvalue weighted by Gasteiger charge is 2.42. The Bertz CT molecular complexity index is 353. The molecule has 1 aliphatic rings. The molecule has 0 N–H and O–H groups in total. The standard InChI is InChI=1S/C16H28O3/c1-14(2)8-7-12(16(5,6)10-14)19-13(18)9-15(3,4)11-17/h11-12H,7-10H2,1-6H3. The highest BCUT2D eigenvalue weighted by Crippen LogP contribution is 2.47. The molecule has 3 heteroatoms. The van der Waals surface area contributed by atoms with Gasteiger partial charge in [0.2, 0.25) is 0 Å². The number of ether oxygens (including phenoxy) is 1. The fourth-order valence-electron chi connectivity index (χ4n) is 3.18. The van der Waals surface area contributed by atoms with Crippen molar-refractivity contribution in [2.75, 3.05) is 0 Å². The van der Waals surface area contributed by atoms with Gasteiger partial charge in [-0.2, -0.15) is 0 Å². The molecule has 1 rings (SSSR count). The molecule has 0 heterocycles. The van der Waals surface area contributed by atoms with Crippen molar-refractivity contribution < 1.29 is 14.3 Å². The van der Waals surface area contributed by atoms with Crippen LogP contribution < -0.4 is 0 Å². The minimum absolute atomic E-state index is 0.00271. The van der Waals surface area contributed by atoms with Crippen LogP contribution in [-0.2, 0) is 14.3 Å². The smallest absolute Gasteiger partial charge is 0.307 e. The number of aldehydes is 1. The van der Waals surface area contributed by atoms with Crippen molar-refractivity contribution in [3.8, 4) is 0 Å². The summed E-state index contributed by atoms with van der Waals surface area (Å²) in [5.41, 5.74) is -0.313. The minimum atomic E-state index is -0.630. The number of rotatable bonds is 4. The summed E-state index contributed by atoms with van der Waals surface area (Å²) in [4.78, 5) is 22.8. The van der Waals surface area contributed by atoms with E-state index < -0.39 is 5.41 Å². The molecule has 19 heavy (non-hydrogen) atoms. The van der Waals surface area contributed by atoms with Gasteiger partial charge in [-0.15, -0.1) is 0 Å². The number of carbonyl (C=O) groups excluding carboxylic acids is 2. The van der Waals surface area contributed by atoms with Gasteiger partial charge >= 0.3 is 5.97 Å². The zero-order chi connectivity index (χ0) is 14.9. The highest BCUT2D eigenvalue weighted by molar-refractivity contribution is 5.75. The fraction of sp³-hybridized carbons (Fsp3) is 0.875. The Morgan fingerprint density at radius 2 is 1.89 bits per heavy atom. The molecule has 0 amide bonds. The predicted molar refractivity (Wildman–Crippen MR) is 75.8 cm³/mol. The maximum atomic E-state index is 12.0. The van der Waals surface area contributed by atoms with Gasteiger partial charge in [-0.3, -0.25) is 4.79 Å². The van der Waals surface area contributed by atoms with Crippen LogP contribution in [0.15, 0.2) is 0 Å². The minimum Gasteiger partial charge on any atom is -0.462 e. The van der Waals surface area contributed by atoms with E-state index in [1.807, 2.05) is 0 Å². The first-order chi connectivity index (χ1) is 8.47. The predicted octanol–water partition coefficient (Wildman–Crippen LogP) is 3.75. The largest absolute Gasteiger partial charge is 0.462 e. The van der Waals surface area contributed by atoms with Gasteiger partial charge in [0.15, 0.2) is 0 Å². The van der Waals surface area contributed by atoms with E-state index in [0.717, 1.165) is 25.5 Å². The second kappa shape index (κ2) is 5.26. The molecule has 1 aliphatic carbocycles. The molecule has 0 bridgehead atoms. The average Bonchev–Trinajstić information content (AvgIpc) is 2.20. The topological polar surface area (TPSA) is 43.4 Å². The van der Waals surface area contributed by atoms with Crippen molar-refractivity contribution in [3.05, 3.63) is 0 Å². The quantitative estimate of drug-likeness (QED) is 0.576. The van der Waals surface area contributed by atoms with Gasteiger partial charge < -0.3 is 9.53 Å². The molecule has 1 unspecified atom stereocenters. The number of esters is 1. The summed E-state index contributed by atoms with van der Waals surface area (Å²) in [6, 6.07) is 0. The molecule has 0 saturated heterocycles. The first kappa shape index (κ1) is 16.2. The lowest BCUT2D eigenvalue weighted by Crippen LogP contribution is -2.43. The van der Waals surface area contributed by atoms with Crippen LogP contribution in [0.5, 0.6) is 0 Å². The maximum Gasteiger partial charge on any atom is 0.307 e. The van der Waals surface area contributed by atoms with E-state index in [9.17, 15) is 9.59 Å². The summed E-state index contributed by atoms with van der Waals surface area (Å²) in [5.74, 6) is -0.255. The maximum absolute atomic E-state index is 12.0. The zero-order valence-electron chi connectivity index (χ0n) is 13.2. The molecular formula is C16H28O3. The Labute approximate surface area is 117 Å². The Balaban J connectivity index is 2.63. The molecule has 0 spiro atoms. The third-order valence-corrected chi connectivity index (χ3v) is 4.08. The normalized spacial score (nSPS) is 25.7. The van der Waals surface area contributed by atoms with Crippen molar-refractivity contribution in [3.63, 3.8) is 0 Å². The number of hydrogen-bond acceptors (Lipinski definition) is 3. The summed E-state index contributed by atoms with van der Waals surface area (Å²) in [7, 11) is 0. The molecule has 0 aromatic carbocycles. The van der Waals surface area contributed by atoms with Crippen molar-refractivity contribution in [1.29, 1.82) is 0 Å². The Hall–Kier alpha value is -0.860. The van der Waals surface area contributed by atoms with Crippen molar-refractivity contribution in [2.24, 2.45) is 16.2 Å². The van der Waals surface area contributed by atoms with Crippen LogP contribution in [0.25, 0.3) is 0 Å². The zero-order valence-corrected chi connectivity index (χ0v) is 13.2. The van der Waals surface area contributed by atoms with E-state index in [-0.39, 0.29) is 23.9 Å². The Morgan fingerprint density at radius 3 is 2.37 bits per heavy atom. The van der Waals surface area contributed by atoms with E-state index in [4.69, 9.17) is 4.74 Å². The molecule has 3 nitrogen and oxygen atoms in total. The Morgan fingerprint density at radius 1 is 1.32 bits per heavy atom. The lowest BCUT2D eigenvalue weighted by Gasteiger charge is -2.45. The SMILES string of the molecule is CC(C)(C=O)CC(=O)OC1CCC(C)(C)CC1(C)C. The molecule has 0 radical (unpaired) electrons.